The summed E-state index contributed by atoms with van der Waals surface area (Å²) >= 11 is 5.73. The minimum Gasteiger partial charge on any atom is -0.274 e. The molecule has 1 aromatic heterocycles. The zero-order valence-electron chi connectivity index (χ0n) is 13.2. The van der Waals surface area contributed by atoms with Crippen molar-refractivity contribution in [2.45, 2.75) is 12.8 Å². The Morgan fingerprint density at radius 2 is 1.80 bits per heavy atom. The predicted octanol–water partition coefficient (Wildman–Crippen LogP) is 4.88. The van der Waals surface area contributed by atoms with Crippen LogP contribution < -0.4 is 0 Å². The fraction of sp³-hybridized carbons (Fsp3) is 0.100. The Labute approximate surface area is 149 Å². The van der Waals surface area contributed by atoms with Gasteiger partial charge in [0.2, 0.25) is 0 Å². The van der Waals surface area contributed by atoms with Crippen molar-refractivity contribution in [1.82, 2.24) is 9.78 Å². The monoisotopic (exact) mass is 352 g/mol. The standard InChI is InChI=1S/C20H14ClFN2O/c21-20(25)18-17-11-6-14(12-13-4-2-1-3-5-13)19(17)24(23-18)16-9-7-15(22)8-10-16/h1-5,7-10,12H,6,11H2/b14-12-. The Hall–Kier alpha value is -2.72. The van der Waals surface area contributed by atoms with Crippen LogP contribution in [0.1, 0.15) is 33.7 Å². The van der Waals surface area contributed by atoms with E-state index in [-0.39, 0.29) is 11.5 Å². The average Bonchev–Trinajstić information content (AvgIpc) is 3.18. The lowest BCUT2D eigenvalue weighted by Gasteiger charge is -2.08. The molecule has 5 heteroatoms. The van der Waals surface area contributed by atoms with Gasteiger partial charge in [0.25, 0.3) is 5.24 Å². The van der Waals surface area contributed by atoms with Gasteiger partial charge in [0.15, 0.2) is 0 Å². The van der Waals surface area contributed by atoms with Crippen LogP contribution in [0.2, 0.25) is 0 Å². The van der Waals surface area contributed by atoms with Crippen molar-refractivity contribution in [2.75, 3.05) is 0 Å². The van der Waals surface area contributed by atoms with E-state index >= 15 is 0 Å². The van der Waals surface area contributed by atoms with Crippen molar-refractivity contribution in [3.05, 3.63) is 82.9 Å². The third-order valence-electron chi connectivity index (χ3n) is 4.33. The summed E-state index contributed by atoms with van der Waals surface area (Å²) in [5.41, 5.74) is 4.87. The van der Waals surface area contributed by atoms with Crippen LogP contribution in [-0.2, 0) is 6.42 Å². The smallest absolute Gasteiger partial charge is 0.273 e. The molecule has 1 aliphatic carbocycles. The van der Waals surface area contributed by atoms with Crippen molar-refractivity contribution < 1.29 is 9.18 Å². The highest BCUT2D eigenvalue weighted by Crippen LogP contribution is 2.37. The summed E-state index contributed by atoms with van der Waals surface area (Å²) in [6, 6.07) is 16.0. The number of carbonyl (C=O) groups is 1. The van der Waals surface area contributed by atoms with Gasteiger partial charge in [-0.1, -0.05) is 30.3 Å². The van der Waals surface area contributed by atoms with Crippen molar-refractivity contribution in [2.24, 2.45) is 0 Å². The number of hydrogen-bond donors (Lipinski definition) is 0. The molecule has 3 aromatic rings. The van der Waals surface area contributed by atoms with Gasteiger partial charge in [-0.25, -0.2) is 9.07 Å². The Bertz CT molecular complexity index is 975. The number of hydrogen-bond acceptors (Lipinski definition) is 2. The molecule has 2 aromatic carbocycles. The van der Waals surface area contributed by atoms with E-state index in [1.165, 1.54) is 12.1 Å². The van der Waals surface area contributed by atoms with E-state index in [1.54, 1.807) is 16.8 Å². The molecule has 0 atom stereocenters. The van der Waals surface area contributed by atoms with Gasteiger partial charge in [0.05, 0.1) is 11.4 Å². The molecule has 1 heterocycles. The van der Waals surface area contributed by atoms with Gasteiger partial charge in [-0.2, -0.15) is 5.10 Å². The SMILES string of the molecule is O=C(Cl)c1nn(-c2ccc(F)cc2)c2c1CC/C2=C/c1ccccc1. The maximum Gasteiger partial charge on any atom is 0.273 e. The van der Waals surface area contributed by atoms with Crippen LogP contribution in [-0.4, -0.2) is 15.0 Å². The van der Waals surface area contributed by atoms with Gasteiger partial charge in [0.1, 0.15) is 11.5 Å². The highest BCUT2D eigenvalue weighted by molar-refractivity contribution is 6.67. The van der Waals surface area contributed by atoms with Crippen LogP contribution in [0.5, 0.6) is 0 Å². The first kappa shape index (κ1) is 15.8. The largest absolute Gasteiger partial charge is 0.274 e. The number of carbonyl (C=O) groups excluding carboxylic acids is 1. The zero-order valence-corrected chi connectivity index (χ0v) is 14.0. The first-order chi connectivity index (χ1) is 12.1. The summed E-state index contributed by atoms with van der Waals surface area (Å²) < 4.78 is 14.9. The fourth-order valence-electron chi connectivity index (χ4n) is 3.21. The minimum atomic E-state index is -0.571. The van der Waals surface area contributed by atoms with Crippen molar-refractivity contribution in [3.8, 4) is 5.69 Å². The lowest BCUT2D eigenvalue weighted by molar-refractivity contribution is 0.107. The average molecular weight is 353 g/mol. The number of aromatic nitrogens is 2. The molecule has 0 bridgehead atoms. The maximum absolute atomic E-state index is 13.3. The molecule has 0 fully saturated rings. The number of rotatable bonds is 3. The molecule has 0 saturated carbocycles. The van der Waals surface area contributed by atoms with Gasteiger partial charge in [0, 0.05) is 5.56 Å². The second-order valence-corrected chi connectivity index (χ2v) is 6.26. The van der Waals surface area contributed by atoms with E-state index < -0.39 is 5.24 Å². The highest BCUT2D eigenvalue weighted by Gasteiger charge is 2.29. The molecular weight excluding hydrogens is 339 g/mol. The summed E-state index contributed by atoms with van der Waals surface area (Å²) in [5.74, 6) is -0.318. The number of fused-ring (bicyclic) bond motifs is 1. The van der Waals surface area contributed by atoms with Gasteiger partial charge in [-0.3, -0.25) is 4.79 Å². The molecule has 0 radical (unpaired) electrons. The molecule has 124 valence electrons. The predicted molar refractivity (Wildman–Crippen MR) is 96.3 cm³/mol. The lowest BCUT2D eigenvalue weighted by Crippen LogP contribution is -2.02. The van der Waals surface area contributed by atoms with E-state index in [0.29, 0.717) is 12.1 Å². The molecule has 0 saturated heterocycles. The minimum absolute atomic E-state index is 0.275. The van der Waals surface area contributed by atoms with Crippen LogP contribution in [0.4, 0.5) is 4.39 Å². The molecule has 4 rings (SSSR count). The van der Waals surface area contributed by atoms with Crippen LogP contribution in [0, 0.1) is 5.82 Å². The first-order valence-corrected chi connectivity index (χ1v) is 8.35. The van der Waals surface area contributed by atoms with E-state index in [9.17, 15) is 9.18 Å². The molecule has 25 heavy (non-hydrogen) atoms. The van der Waals surface area contributed by atoms with E-state index in [4.69, 9.17) is 11.6 Å². The van der Waals surface area contributed by atoms with Crippen LogP contribution in [0.3, 0.4) is 0 Å². The lowest BCUT2D eigenvalue weighted by atomic mass is 10.1. The second-order valence-electron chi connectivity index (χ2n) is 5.92. The van der Waals surface area contributed by atoms with Gasteiger partial charge < -0.3 is 0 Å². The topological polar surface area (TPSA) is 34.9 Å². The summed E-state index contributed by atoms with van der Waals surface area (Å²) in [6.07, 6.45) is 3.61. The number of benzene rings is 2. The fourth-order valence-corrected chi connectivity index (χ4v) is 3.36. The van der Waals surface area contributed by atoms with Gasteiger partial charge in [-0.05, 0) is 65.9 Å². The van der Waals surface area contributed by atoms with Crippen LogP contribution in [0.15, 0.2) is 54.6 Å². The Morgan fingerprint density at radius 1 is 1.08 bits per heavy atom. The van der Waals surface area contributed by atoms with E-state index in [0.717, 1.165) is 28.8 Å². The highest BCUT2D eigenvalue weighted by atomic mass is 35.5. The number of halogens is 2. The van der Waals surface area contributed by atoms with Crippen molar-refractivity contribution >= 4 is 28.5 Å². The Kier molecular flexibility index (Phi) is 3.98. The summed E-state index contributed by atoms with van der Waals surface area (Å²) in [5, 5.41) is 3.82. The number of nitrogens with zero attached hydrogens (tertiary/aromatic N) is 2. The molecule has 0 unspecified atom stereocenters. The first-order valence-electron chi connectivity index (χ1n) is 7.97. The summed E-state index contributed by atoms with van der Waals surface area (Å²) in [6.45, 7) is 0. The third-order valence-corrected chi connectivity index (χ3v) is 4.51. The normalized spacial score (nSPS) is 14.7. The van der Waals surface area contributed by atoms with E-state index in [2.05, 4.69) is 11.2 Å². The molecule has 0 aliphatic heterocycles. The molecule has 3 nitrogen and oxygen atoms in total. The van der Waals surface area contributed by atoms with Crippen molar-refractivity contribution in [3.63, 3.8) is 0 Å². The Balaban J connectivity index is 1.89. The quantitative estimate of drug-likeness (QED) is 0.630. The Morgan fingerprint density at radius 3 is 2.48 bits per heavy atom. The van der Waals surface area contributed by atoms with Gasteiger partial charge in [-0.15, -0.1) is 0 Å². The zero-order chi connectivity index (χ0) is 17.4. The summed E-state index contributed by atoms with van der Waals surface area (Å²) in [4.78, 5) is 11.8. The molecule has 0 N–H and O–H groups in total. The number of allylic oxidation sites excluding steroid dienone is 1. The molecule has 1 aliphatic rings. The van der Waals surface area contributed by atoms with Gasteiger partial charge >= 0.3 is 0 Å². The molecule has 0 amide bonds. The van der Waals surface area contributed by atoms with E-state index in [1.807, 2.05) is 30.3 Å². The van der Waals surface area contributed by atoms with Crippen LogP contribution in [0.25, 0.3) is 17.3 Å². The van der Waals surface area contributed by atoms with Crippen LogP contribution >= 0.6 is 11.6 Å². The molecule has 0 spiro atoms. The maximum atomic E-state index is 13.3. The van der Waals surface area contributed by atoms with Crippen molar-refractivity contribution in [1.29, 1.82) is 0 Å². The third kappa shape index (κ3) is 2.89. The summed E-state index contributed by atoms with van der Waals surface area (Å²) in [7, 11) is 0. The molecular formula is C20H14ClFN2O. The second kappa shape index (κ2) is 6.30.